The lowest BCUT2D eigenvalue weighted by Gasteiger charge is -2.11. The van der Waals surface area contributed by atoms with Gasteiger partial charge in [0.05, 0.1) is 26.6 Å². The van der Waals surface area contributed by atoms with Crippen molar-refractivity contribution in [1.82, 2.24) is 15.0 Å². The molecule has 0 aliphatic heterocycles. The molecular formula is C25H14Cl3N3O2. The predicted molar refractivity (Wildman–Crippen MR) is 134 cm³/mol. The summed E-state index contributed by atoms with van der Waals surface area (Å²) in [5, 5.41) is 1.96. The molecule has 0 spiro atoms. The van der Waals surface area contributed by atoms with Crippen LogP contribution in [0.4, 0.5) is 0 Å². The molecule has 2 N–H and O–H groups in total. The van der Waals surface area contributed by atoms with E-state index in [9.17, 15) is 9.59 Å². The van der Waals surface area contributed by atoms with Crippen LogP contribution in [-0.2, 0) is 0 Å². The van der Waals surface area contributed by atoms with E-state index in [1.165, 1.54) is 12.2 Å². The molecule has 5 aromatic rings. The van der Waals surface area contributed by atoms with Gasteiger partial charge in [-0.05, 0) is 48.0 Å². The van der Waals surface area contributed by atoms with Gasteiger partial charge in [-0.1, -0.05) is 65.1 Å². The van der Waals surface area contributed by atoms with Crippen molar-refractivity contribution in [2.24, 2.45) is 0 Å². The average molecular weight is 495 g/mol. The number of aromatic nitrogens is 3. The van der Waals surface area contributed by atoms with Crippen LogP contribution in [-0.4, -0.2) is 20.7 Å². The van der Waals surface area contributed by atoms with Crippen molar-refractivity contribution in [2.75, 3.05) is 0 Å². The molecule has 162 valence electrons. The topological polar surface area (TPSA) is 78.6 Å². The maximum absolute atomic E-state index is 13.3. The number of carbonyl (C=O) groups is 1. The van der Waals surface area contributed by atoms with Crippen molar-refractivity contribution in [1.29, 1.82) is 0 Å². The highest BCUT2D eigenvalue weighted by Gasteiger charge is 2.19. The molecule has 0 amide bonds. The van der Waals surface area contributed by atoms with Gasteiger partial charge in [-0.25, -0.2) is 4.98 Å². The van der Waals surface area contributed by atoms with E-state index in [4.69, 9.17) is 34.8 Å². The maximum Gasteiger partial charge on any atom is 0.260 e. The standard InChI is InChI=1S/C25H14Cl3N3O2/c26-14-6-7-18-15(10-14)23(13-4-2-1-3-5-13)24(25(33)31-18)21(32)8-9-22-29-19-11-16(27)17(28)12-20(19)30-22/h1-12H,(H,29,30)(H,31,33). The number of allylic oxidation sites excluding steroid dienone is 1. The Labute approximate surface area is 202 Å². The van der Waals surface area contributed by atoms with Gasteiger partial charge in [-0.2, -0.15) is 0 Å². The van der Waals surface area contributed by atoms with Crippen LogP contribution in [0.15, 0.2) is 71.5 Å². The molecule has 0 aliphatic carbocycles. The number of imidazole rings is 1. The van der Waals surface area contributed by atoms with Crippen LogP contribution in [0.25, 0.3) is 39.1 Å². The minimum absolute atomic E-state index is 0.0226. The maximum atomic E-state index is 13.3. The first-order valence-electron chi connectivity index (χ1n) is 9.89. The number of H-pyrrole nitrogens is 2. The minimum Gasteiger partial charge on any atom is -0.338 e. The average Bonchev–Trinajstić information content (AvgIpc) is 3.19. The number of pyridine rings is 1. The van der Waals surface area contributed by atoms with Gasteiger partial charge >= 0.3 is 0 Å². The van der Waals surface area contributed by atoms with Gasteiger partial charge in [-0.15, -0.1) is 0 Å². The monoisotopic (exact) mass is 493 g/mol. The van der Waals surface area contributed by atoms with Crippen LogP contribution >= 0.6 is 34.8 Å². The normalized spacial score (nSPS) is 11.6. The molecule has 0 fully saturated rings. The third kappa shape index (κ3) is 4.07. The molecule has 0 unspecified atom stereocenters. The number of benzene rings is 3. The fourth-order valence-corrected chi connectivity index (χ4v) is 4.24. The van der Waals surface area contributed by atoms with Gasteiger partial charge < -0.3 is 9.97 Å². The van der Waals surface area contributed by atoms with Gasteiger partial charge in [-0.3, -0.25) is 9.59 Å². The van der Waals surface area contributed by atoms with E-state index in [2.05, 4.69) is 15.0 Å². The summed E-state index contributed by atoms with van der Waals surface area (Å²) in [6.07, 6.45) is 2.83. The lowest BCUT2D eigenvalue weighted by molar-refractivity contribution is 0.104. The number of aromatic amines is 2. The summed E-state index contributed by atoms with van der Waals surface area (Å²) >= 11 is 18.3. The molecule has 5 rings (SSSR count). The van der Waals surface area contributed by atoms with Crippen molar-refractivity contribution < 1.29 is 4.79 Å². The zero-order valence-electron chi connectivity index (χ0n) is 16.8. The molecule has 0 bridgehead atoms. The fourth-order valence-electron chi connectivity index (χ4n) is 3.75. The Morgan fingerprint density at radius 1 is 0.879 bits per heavy atom. The number of rotatable bonds is 4. The quantitative estimate of drug-likeness (QED) is 0.210. The van der Waals surface area contributed by atoms with Crippen LogP contribution in [0.5, 0.6) is 0 Å². The lowest BCUT2D eigenvalue weighted by atomic mass is 9.94. The van der Waals surface area contributed by atoms with E-state index >= 15 is 0 Å². The summed E-state index contributed by atoms with van der Waals surface area (Å²) in [7, 11) is 0. The molecule has 0 saturated heterocycles. The summed E-state index contributed by atoms with van der Waals surface area (Å²) < 4.78 is 0. The van der Waals surface area contributed by atoms with Crippen molar-refractivity contribution in [3.05, 3.63) is 104 Å². The number of carbonyl (C=O) groups excluding carboxylic acids is 1. The highest BCUT2D eigenvalue weighted by molar-refractivity contribution is 6.42. The highest BCUT2D eigenvalue weighted by atomic mass is 35.5. The van der Waals surface area contributed by atoms with Gasteiger partial charge in [0.25, 0.3) is 5.56 Å². The Bertz CT molecular complexity index is 1600. The molecule has 33 heavy (non-hydrogen) atoms. The zero-order valence-corrected chi connectivity index (χ0v) is 19.1. The molecule has 3 aromatic carbocycles. The van der Waals surface area contributed by atoms with Crippen LogP contribution in [0.1, 0.15) is 16.2 Å². The van der Waals surface area contributed by atoms with Crippen molar-refractivity contribution in [2.45, 2.75) is 0 Å². The number of hydrogen-bond donors (Lipinski definition) is 2. The smallest absolute Gasteiger partial charge is 0.260 e. The van der Waals surface area contributed by atoms with E-state index in [1.54, 1.807) is 30.3 Å². The third-order valence-electron chi connectivity index (χ3n) is 5.22. The number of ketones is 1. The fraction of sp³-hybridized carbons (Fsp3) is 0. The number of hydrogen-bond acceptors (Lipinski definition) is 3. The van der Waals surface area contributed by atoms with Crippen LogP contribution < -0.4 is 5.56 Å². The molecule has 2 heterocycles. The second kappa shape index (κ2) is 8.52. The van der Waals surface area contributed by atoms with E-state index in [0.717, 1.165) is 5.56 Å². The lowest BCUT2D eigenvalue weighted by Crippen LogP contribution is -2.18. The van der Waals surface area contributed by atoms with Gasteiger partial charge in [0, 0.05) is 21.5 Å². The summed E-state index contributed by atoms with van der Waals surface area (Å²) in [6, 6.07) is 17.7. The molecule has 5 nitrogen and oxygen atoms in total. The van der Waals surface area contributed by atoms with Crippen molar-refractivity contribution in [3.63, 3.8) is 0 Å². The summed E-state index contributed by atoms with van der Waals surface area (Å²) in [6.45, 7) is 0. The Morgan fingerprint density at radius 2 is 1.64 bits per heavy atom. The van der Waals surface area contributed by atoms with Gasteiger partial charge in [0.15, 0.2) is 5.78 Å². The Hall–Kier alpha value is -3.38. The molecule has 0 saturated carbocycles. The molecule has 2 aromatic heterocycles. The second-order valence-corrected chi connectivity index (χ2v) is 8.61. The summed E-state index contributed by atoms with van der Waals surface area (Å²) in [5.74, 6) is -0.0355. The number of fused-ring (bicyclic) bond motifs is 2. The predicted octanol–water partition coefficient (Wildman–Crippen LogP) is 6.93. The Kier molecular flexibility index (Phi) is 5.54. The molecule has 0 radical (unpaired) electrons. The molecule has 8 heteroatoms. The van der Waals surface area contributed by atoms with E-state index in [1.807, 2.05) is 30.3 Å². The number of nitrogens with one attached hydrogen (secondary N) is 2. The first kappa shape index (κ1) is 21.5. The highest BCUT2D eigenvalue weighted by Crippen LogP contribution is 2.32. The van der Waals surface area contributed by atoms with E-state index in [-0.39, 0.29) is 5.56 Å². The number of nitrogens with zero attached hydrogens (tertiary/aromatic N) is 1. The van der Waals surface area contributed by atoms with Crippen LogP contribution in [0.3, 0.4) is 0 Å². The summed E-state index contributed by atoms with van der Waals surface area (Å²) in [4.78, 5) is 36.5. The van der Waals surface area contributed by atoms with Gasteiger partial charge in [0.1, 0.15) is 5.82 Å². The Morgan fingerprint density at radius 3 is 2.42 bits per heavy atom. The summed E-state index contributed by atoms with van der Waals surface area (Å²) in [5.41, 5.74) is 2.68. The zero-order chi connectivity index (χ0) is 23.1. The van der Waals surface area contributed by atoms with Crippen LogP contribution in [0, 0.1) is 0 Å². The van der Waals surface area contributed by atoms with Gasteiger partial charge in [0.2, 0.25) is 0 Å². The van der Waals surface area contributed by atoms with Crippen molar-refractivity contribution in [3.8, 4) is 11.1 Å². The first-order valence-corrected chi connectivity index (χ1v) is 11.0. The Balaban J connectivity index is 1.64. The minimum atomic E-state index is -0.485. The largest absolute Gasteiger partial charge is 0.338 e. The second-order valence-electron chi connectivity index (χ2n) is 7.36. The first-order chi connectivity index (χ1) is 15.9. The van der Waals surface area contributed by atoms with Crippen LogP contribution in [0.2, 0.25) is 15.1 Å². The third-order valence-corrected chi connectivity index (χ3v) is 6.18. The number of halogens is 3. The molecule has 0 aliphatic rings. The van der Waals surface area contributed by atoms with E-state index < -0.39 is 11.3 Å². The SMILES string of the molecule is O=C(C=Cc1nc2cc(Cl)c(Cl)cc2[nH]1)c1c(-c2ccccc2)c2cc(Cl)ccc2[nH]c1=O. The molecular weight excluding hydrogens is 481 g/mol. The van der Waals surface area contributed by atoms with Crippen molar-refractivity contribution >= 4 is 68.6 Å². The van der Waals surface area contributed by atoms with E-state index in [0.29, 0.717) is 48.4 Å². The molecule has 0 atom stereocenters.